The lowest BCUT2D eigenvalue weighted by Gasteiger charge is -2.18. The molecule has 1 aliphatic heterocycles. The van der Waals surface area contributed by atoms with Crippen LogP contribution < -0.4 is 5.32 Å². The first kappa shape index (κ1) is 15.9. The fourth-order valence-electron chi connectivity index (χ4n) is 2.50. The van der Waals surface area contributed by atoms with Crippen molar-refractivity contribution in [3.05, 3.63) is 29.6 Å². The Morgan fingerprint density at radius 3 is 2.86 bits per heavy atom. The number of nitrogens with one attached hydrogen (secondary N) is 1. The maximum absolute atomic E-state index is 11.9. The molecule has 1 amide bonds. The number of carbonyl (C=O) groups excluding carboxylic acids is 1. The Hall–Kier alpha value is -1.47. The third-order valence-corrected chi connectivity index (χ3v) is 5.16. The monoisotopic (exact) mass is 311 g/mol. The number of likely N-dealkylation sites (N-methyl/N-ethyl adjacent to an activating group) is 1. The van der Waals surface area contributed by atoms with Crippen LogP contribution in [0.15, 0.2) is 18.5 Å². The van der Waals surface area contributed by atoms with E-state index in [1.807, 2.05) is 24.9 Å². The molecular weight excluding hydrogens is 290 g/mol. The van der Waals surface area contributed by atoms with Crippen LogP contribution in [0.4, 0.5) is 0 Å². The molecule has 1 unspecified atom stereocenters. The highest BCUT2D eigenvalue weighted by molar-refractivity contribution is 7.91. The largest absolute Gasteiger partial charge is 0.351 e. The summed E-state index contributed by atoms with van der Waals surface area (Å²) in [5, 5.41) is 2.79. The third kappa shape index (κ3) is 5.09. The van der Waals surface area contributed by atoms with Gasteiger partial charge in [0.1, 0.15) is 0 Å². The van der Waals surface area contributed by atoms with Crippen LogP contribution in [0, 0.1) is 6.92 Å². The van der Waals surface area contributed by atoms with Gasteiger partial charge < -0.3 is 5.32 Å². The summed E-state index contributed by atoms with van der Waals surface area (Å²) in [4.78, 5) is 17.9. The summed E-state index contributed by atoms with van der Waals surface area (Å²) in [7, 11) is -1.10. The van der Waals surface area contributed by atoms with Gasteiger partial charge >= 0.3 is 0 Å². The van der Waals surface area contributed by atoms with E-state index in [9.17, 15) is 13.2 Å². The minimum atomic E-state index is -2.96. The van der Waals surface area contributed by atoms with E-state index in [4.69, 9.17) is 0 Å². The second kappa shape index (κ2) is 6.53. The van der Waals surface area contributed by atoms with E-state index in [1.165, 1.54) is 0 Å². The summed E-state index contributed by atoms with van der Waals surface area (Å²) in [6.07, 6.45) is 4.08. The van der Waals surface area contributed by atoms with Gasteiger partial charge in [0, 0.05) is 25.0 Å². The molecule has 2 heterocycles. The van der Waals surface area contributed by atoms with Crippen LogP contribution in [0.5, 0.6) is 0 Å². The lowest BCUT2D eigenvalue weighted by Crippen LogP contribution is -2.41. The molecule has 1 N–H and O–H groups in total. The average molecular weight is 311 g/mol. The zero-order chi connectivity index (χ0) is 15.5. The molecule has 1 saturated heterocycles. The molecule has 1 aliphatic rings. The quantitative estimate of drug-likeness (QED) is 0.836. The zero-order valence-electron chi connectivity index (χ0n) is 12.4. The van der Waals surface area contributed by atoms with Crippen molar-refractivity contribution < 1.29 is 13.2 Å². The summed E-state index contributed by atoms with van der Waals surface area (Å²) in [5.74, 6) is 0.0905. The smallest absolute Gasteiger partial charge is 0.234 e. The number of pyridine rings is 1. The van der Waals surface area contributed by atoms with E-state index < -0.39 is 9.84 Å². The van der Waals surface area contributed by atoms with Crippen molar-refractivity contribution in [3.63, 3.8) is 0 Å². The maximum Gasteiger partial charge on any atom is 0.234 e. The van der Waals surface area contributed by atoms with Gasteiger partial charge in [-0.1, -0.05) is 6.07 Å². The highest BCUT2D eigenvalue weighted by Crippen LogP contribution is 2.11. The van der Waals surface area contributed by atoms with Gasteiger partial charge in [0.2, 0.25) is 5.91 Å². The van der Waals surface area contributed by atoms with Gasteiger partial charge in [-0.2, -0.15) is 0 Å². The lowest BCUT2D eigenvalue weighted by atomic mass is 10.2. The number of amides is 1. The van der Waals surface area contributed by atoms with Gasteiger partial charge in [0.25, 0.3) is 0 Å². The number of nitrogens with zero attached hydrogens (tertiary/aromatic N) is 2. The summed E-state index contributed by atoms with van der Waals surface area (Å²) in [6.45, 7) is 2.85. The number of carbonyl (C=O) groups is 1. The number of sulfone groups is 1. The molecule has 0 spiro atoms. The van der Waals surface area contributed by atoms with Crippen molar-refractivity contribution in [2.24, 2.45) is 0 Å². The van der Waals surface area contributed by atoms with Gasteiger partial charge in [0.05, 0.1) is 18.1 Å². The molecule has 0 saturated carbocycles. The second-order valence-corrected chi connectivity index (χ2v) is 7.94. The van der Waals surface area contributed by atoms with Crippen LogP contribution in [-0.4, -0.2) is 55.3 Å². The van der Waals surface area contributed by atoms with Crippen molar-refractivity contribution in [1.29, 1.82) is 0 Å². The first-order valence-electron chi connectivity index (χ1n) is 6.93. The fraction of sp³-hybridized carbons (Fsp3) is 0.571. The van der Waals surface area contributed by atoms with Crippen LogP contribution in [0.1, 0.15) is 17.5 Å². The minimum absolute atomic E-state index is 0.0598. The number of hydrogen-bond donors (Lipinski definition) is 1. The van der Waals surface area contributed by atoms with Gasteiger partial charge in [0.15, 0.2) is 9.84 Å². The molecule has 21 heavy (non-hydrogen) atoms. The fourth-order valence-corrected chi connectivity index (χ4v) is 4.17. The Morgan fingerprint density at radius 1 is 1.48 bits per heavy atom. The van der Waals surface area contributed by atoms with Crippen molar-refractivity contribution in [2.75, 3.05) is 25.1 Å². The van der Waals surface area contributed by atoms with Crippen LogP contribution in [0.2, 0.25) is 0 Å². The summed E-state index contributed by atoms with van der Waals surface area (Å²) < 4.78 is 22.7. The summed E-state index contributed by atoms with van der Waals surface area (Å²) in [5.41, 5.74) is 2.13. The molecular formula is C14H21N3O3S. The van der Waals surface area contributed by atoms with E-state index in [-0.39, 0.29) is 30.0 Å². The van der Waals surface area contributed by atoms with Crippen LogP contribution in [0.25, 0.3) is 0 Å². The van der Waals surface area contributed by atoms with Crippen molar-refractivity contribution in [3.8, 4) is 0 Å². The molecule has 116 valence electrons. The predicted octanol–water partition coefficient (Wildman–Crippen LogP) is 0.125. The summed E-state index contributed by atoms with van der Waals surface area (Å²) in [6, 6.07) is 1.79. The zero-order valence-corrected chi connectivity index (χ0v) is 13.2. The normalized spacial score (nSPS) is 20.6. The molecule has 7 heteroatoms. The Morgan fingerprint density at radius 2 is 2.24 bits per heavy atom. The van der Waals surface area contributed by atoms with E-state index >= 15 is 0 Å². The van der Waals surface area contributed by atoms with Crippen molar-refractivity contribution >= 4 is 15.7 Å². The predicted molar refractivity (Wildman–Crippen MR) is 80.5 cm³/mol. The molecule has 0 aliphatic carbocycles. The molecule has 0 radical (unpaired) electrons. The maximum atomic E-state index is 11.9. The Balaban J connectivity index is 1.80. The number of rotatable bonds is 5. The molecule has 2 rings (SSSR count). The van der Waals surface area contributed by atoms with Crippen LogP contribution >= 0.6 is 0 Å². The molecule has 0 bridgehead atoms. The molecule has 1 atom stereocenters. The highest BCUT2D eigenvalue weighted by atomic mass is 32.2. The Bertz CT molecular complexity index is 616. The van der Waals surface area contributed by atoms with E-state index in [0.717, 1.165) is 11.1 Å². The first-order valence-corrected chi connectivity index (χ1v) is 8.75. The van der Waals surface area contributed by atoms with Crippen LogP contribution in [-0.2, 0) is 21.2 Å². The lowest BCUT2D eigenvalue weighted by molar-refractivity contribution is -0.122. The average Bonchev–Trinajstić information content (AvgIpc) is 2.67. The Labute approximate surface area is 125 Å². The second-order valence-electron chi connectivity index (χ2n) is 5.71. The number of aryl methyl sites for hydroxylation is 1. The minimum Gasteiger partial charge on any atom is -0.351 e. The van der Waals surface area contributed by atoms with Crippen molar-refractivity contribution in [2.45, 2.75) is 25.9 Å². The third-order valence-electron chi connectivity index (χ3n) is 3.40. The van der Waals surface area contributed by atoms with Gasteiger partial charge in [-0.25, -0.2) is 8.42 Å². The van der Waals surface area contributed by atoms with Crippen LogP contribution in [0.3, 0.4) is 0 Å². The highest BCUT2D eigenvalue weighted by Gasteiger charge is 2.28. The molecule has 1 fully saturated rings. The standard InChI is InChI=1S/C14H21N3O3S/c1-11-5-12(7-15-6-11)8-17(2)9-14(18)16-13-3-4-21(19,20)10-13/h5-7,13H,3-4,8-10H2,1-2H3,(H,16,18). The topological polar surface area (TPSA) is 79.4 Å². The van der Waals surface area contributed by atoms with E-state index in [1.54, 1.807) is 12.4 Å². The molecule has 1 aromatic rings. The SMILES string of the molecule is Cc1cncc(CN(C)CC(=O)NC2CCS(=O)(=O)C2)c1. The molecule has 1 aromatic heterocycles. The molecule has 0 aromatic carbocycles. The first-order chi connectivity index (χ1) is 9.84. The van der Waals surface area contributed by atoms with Gasteiger partial charge in [-0.3, -0.25) is 14.7 Å². The number of aromatic nitrogens is 1. The van der Waals surface area contributed by atoms with E-state index in [0.29, 0.717) is 13.0 Å². The number of hydrogen-bond acceptors (Lipinski definition) is 5. The van der Waals surface area contributed by atoms with E-state index in [2.05, 4.69) is 10.3 Å². The van der Waals surface area contributed by atoms with Gasteiger partial charge in [-0.15, -0.1) is 0 Å². The summed E-state index contributed by atoms with van der Waals surface area (Å²) >= 11 is 0. The van der Waals surface area contributed by atoms with Gasteiger partial charge in [-0.05, 0) is 31.5 Å². The Kier molecular flexibility index (Phi) is 4.95. The molecule has 6 nitrogen and oxygen atoms in total. The van der Waals surface area contributed by atoms with Crippen molar-refractivity contribution in [1.82, 2.24) is 15.2 Å².